The molecule has 0 saturated heterocycles. The van der Waals surface area contributed by atoms with Crippen molar-refractivity contribution in [2.24, 2.45) is 7.05 Å². The van der Waals surface area contributed by atoms with Crippen molar-refractivity contribution in [3.05, 3.63) is 33.7 Å². The number of hydrogen-bond donors (Lipinski definition) is 1. The highest BCUT2D eigenvalue weighted by atomic mass is 79.9. The van der Waals surface area contributed by atoms with Gasteiger partial charge in [0.25, 0.3) is 0 Å². The molecule has 0 bridgehead atoms. The zero-order chi connectivity index (χ0) is 14.9. The number of ether oxygens (including phenoxy) is 1. The second-order valence-corrected chi connectivity index (χ2v) is 5.59. The van der Waals surface area contributed by atoms with Gasteiger partial charge in [-0.25, -0.2) is 4.98 Å². The van der Waals surface area contributed by atoms with Gasteiger partial charge in [-0.1, -0.05) is 0 Å². The lowest BCUT2D eigenvalue weighted by atomic mass is 10.0. The number of imidazole rings is 1. The van der Waals surface area contributed by atoms with Crippen molar-refractivity contribution in [1.29, 1.82) is 0 Å². The van der Waals surface area contributed by atoms with E-state index in [1.807, 2.05) is 31.5 Å². The van der Waals surface area contributed by atoms with Gasteiger partial charge in [-0.2, -0.15) is 0 Å². The number of rotatable bonds is 4. The maximum absolute atomic E-state index is 9.10. The van der Waals surface area contributed by atoms with Gasteiger partial charge in [0, 0.05) is 19.0 Å². The molecule has 0 amide bonds. The molecule has 5 heteroatoms. The molecule has 0 fully saturated rings. The molecule has 2 aromatic rings. The molecule has 2 rings (SSSR count). The van der Waals surface area contributed by atoms with E-state index < -0.39 is 0 Å². The van der Waals surface area contributed by atoms with E-state index in [9.17, 15) is 0 Å². The molecule has 0 aliphatic rings. The van der Waals surface area contributed by atoms with Gasteiger partial charge in [0.05, 0.1) is 13.7 Å². The first kappa shape index (κ1) is 15.1. The summed E-state index contributed by atoms with van der Waals surface area (Å²) in [5, 5.41) is 9.10. The van der Waals surface area contributed by atoms with Crippen LogP contribution in [0.5, 0.6) is 5.75 Å². The zero-order valence-electron chi connectivity index (χ0n) is 12.2. The normalized spacial score (nSPS) is 10.9. The number of benzene rings is 1. The third-order valence-corrected chi connectivity index (χ3v) is 4.36. The lowest BCUT2D eigenvalue weighted by molar-refractivity contribution is 0.295. The molecule has 0 unspecified atom stereocenters. The average molecular weight is 339 g/mol. The fraction of sp³-hybridized carbons (Fsp3) is 0.400. The lowest BCUT2D eigenvalue weighted by Gasteiger charge is -2.10. The van der Waals surface area contributed by atoms with E-state index in [4.69, 9.17) is 9.84 Å². The van der Waals surface area contributed by atoms with Crippen molar-refractivity contribution >= 4 is 15.9 Å². The van der Waals surface area contributed by atoms with E-state index >= 15 is 0 Å². The van der Waals surface area contributed by atoms with Crippen molar-refractivity contribution < 1.29 is 9.84 Å². The van der Waals surface area contributed by atoms with Crippen molar-refractivity contribution in [2.45, 2.75) is 20.3 Å². The van der Waals surface area contributed by atoms with Gasteiger partial charge in [0.15, 0.2) is 0 Å². The van der Waals surface area contributed by atoms with Gasteiger partial charge < -0.3 is 14.4 Å². The third-order valence-electron chi connectivity index (χ3n) is 3.45. The number of halogens is 1. The molecular formula is C15H19BrN2O2. The molecule has 1 aromatic carbocycles. The average Bonchev–Trinajstić information content (AvgIpc) is 2.70. The molecule has 1 N–H and O–H groups in total. The molecule has 0 saturated carbocycles. The first-order valence-electron chi connectivity index (χ1n) is 6.47. The Kier molecular flexibility index (Phi) is 4.50. The number of aromatic nitrogens is 2. The zero-order valence-corrected chi connectivity index (χ0v) is 13.8. The minimum absolute atomic E-state index is 0.0946. The summed E-state index contributed by atoms with van der Waals surface area (Å²) in [6.45, 7) is 4.16. The number of hydrogen-bond acceptors (Lipinski definition) is 3. The Morgan fingerprint density at radius 2 is 2.00 bits per heavy atom. The van der Waals surface area contributed by atoms with E-state index in [1.165, 1.54) is 0 Å². The van der Waals surface area contributed by atoms with Gasteiger partial charge in [0.2, 0.25) is 0 Å². The van der Waals surface area contributed by atoms with Crippen LogP contribution >= 0.6 is 15.9 Å². The van der Waals surface area contributed by atoms with Crippen LogP contribution in [0.1, 0.15) is 17.0 Å². The van der Waals surface area contributed by atoms with Crippen molar-refractivity contribution in [2.75, 3.05) is 13.7 Å². The smallest absolute Gasteiger partial charge is 0.122 e. The van der Waals surface area contributed by atoms with Crippen molar-refractivity contribution in [3.8, 4) is 17.0 Å². The summed E-state index contributed by atoms with van der Waals surface area (Å²) in [4.78, 5) is 4.64. The summed E-state index contributed by atoms with van der Waals surface area (Å²) in [7, 11) is 3.62. The predicted molar refractivity (Wildman–Crippen MR) is 83.2 cm³/mol. The van der Waals surface area contributed by atoms with E-state index in [2.05, 4.69) is 27.0 Å². The summed E-state index contributed by atoms with van der Waals surface area (Å²) in [5.74, 6) is 1.75. The molecule has 108 valence electrons. The lowest BCUT2D eigenvalue weighted by Crippen LogP contribution is -2.00. The number of nitrogens with zero attached hydrogens (tertiary/aromatic N) is 2. The maximum atomic E-state index is 9.10. The standard InChI is InChI=1S/C15H19BrN2O2/c1-9-8-12(20-4)10(2)7-11(9)14-15(16)18(3)13(17-14)5-6-19/h7-8,19H,5-6H2,1-4H3. The van der Waals surface area contributed by atoms with Crippen LogP contribution < -0.4 is 4.74 Å². The Hall–Kier alpha value is -1.33. The summed E-state index contributed by atoms with van der Waals surface area (Å²) in [5.41, 5.74) is 4.17. The fourth-order valence-electron chi connectivity index (χ4n) is 2.28. The van der Waals surface area contributed by atoms with Crippen LogP contribution in [0.25, 0.3) is 11.3 Å². The van der Waals surface area contributed by atoms with E-state index in [0.717, 1.165) is 38.6 Å². The molecule has 0 spiro atoms. The molecule has 20 heavy (non-hydrogen) atoms. The molecular weight excluding hydrogens is 320 g/mol. The van der Waals surface area contributed by atoms with E-state index in [-0.39, 0.29) is 6.61 Å². The first-order chi connectivity index (χ1) is 9.49. The topological polar surface area (TPSA) is 47.3 Å². The molecule has 0 aliphatic carbocycles. The van der Waals surface area contributed by atoms with Crippen LogP contribution in [-0.2, 0) is 13.5 Å². The minimum atomic E-state index is 0.0946. The molecule has 0 atom stereocenters. The highest BCUT2D eigenvalue weighted by Crippen LogP contribution is 2.34. The highest BCUT2D eigenvalue weighted by Gasteiger charge is 2.16. The van der Waals surface area contributed by atoms with Crippen LogP contribution in [0, 0.1) is 13.8 Å². The molecule has 1 aromatic heterocycles. The van der Waals surface area contributed by atoms with Crippen LogP contribution in [-0.4, -0.2) is 28.4 Å². The van der Waals surface area contributed by atoms with Crippen molar-refractivity contribution in [1.82, 2.24) is 9.55 Å². The number of aryl methyl sites for hydroxylation is 2. The predicted octanol–water partition coefficient (Wildman–Crippen LogP) is 3.01. The molecule has 1 heterocycles. The Morgan fingerprint density at radius 1 is 1.30 bits per heavy atom. The maximum Gasteiger partial charge on any atom is 0.122 e. The van der Waals surface area contributed by atoms with E-state index in [0.29, 0.717) is 6.42 Å². The largest absolute Gasteiger partial charge is 0.496 e. The van der Waals surface area contributed by atoms with Crippen LogP contribution in [0.3, 0.4) is 0 Å². The second-order valence-electron chi connectivity index (χ2n) is 4.84. The summed E-state index contributed by atoms with van der Waals surface area (Å²) in [6, 6.07) is 4.11. The van der Waals surface area contributed by atoms with Crippen molar-refractivity contribution in [3.63, 3.8) is 0 Å². The van der Waals surface area contributed by atoms with Gasteiger partial charge >= 0.3 is 0 Å². The summed E-state index contributed by atoms with van der Waals surface area (Å²) >= 11 is 3.59. The number of aliphatic hydroxyl groups excluding tert-OH is 1. The van der Waals surface area contributed by atoms with Gasteiger partial charge in [-0.05, 0) is 53.0 Å². The van der Waals surface area contributed by atoms with Gasteiger partial charge in [0.1, 0.15) is 21.9 Å². The SMILES string of the molecule is COc1cc(C)c(-c2nc(CCO)n(C)c2Br)cc1C. The Morgan fingerprint density at radius 3 is 2.60 bits per heavy atom. The van der Waals surface area contributed by atoms with Crippen LogP contribution in [0.4, 0.5) is 0 Å². The number of aliphatic hydroxyl groups is 1. The van der Waals surface area contributed by atoms with E-state index in [1.54, 1.807) is 7.11 Å². The monoisotopic (exact) mass is 338 g/mol. The Labute approximate surface area is 127 Å². The van der Waals surface area contributed by atoms with Crippen LogP contribution in [0.15, 0.2) is 16.7 Å². The number of methoxy groups -OCH3 is 1. The quantitative estimate of drug-likeness (QED) is 0.932. The van der Waals surface area contributed by atoms with Crippen LogP contribution in [0.2, 0.25) is 0 Å². The minimum Gasteiger partial charge on any atom is -0.496 e. The second kappa shape index (κ2) is 5.97. The van der Waals surface area contributed by atoms with Gasteiger partial charge in [-0.3, -0.25) is 0 Å². The Balaban J connectivity index is 2.57. The summed E-state index contributed by atoms with van der Waals surface area (Å²) < 4.78 is 8.23. The molecule has 4 nitrogen and oxygen atoms in total. The highest BCUT2D eigenvalue weighted by molar-refractivity contribution is 9.10. The molecule has 0 radical (unpaired) electrons. The van der Waals surface area contributed by atoms with Gasteiger partial charge in [-0.15, -0.1) is 0 Å². The third kappa shape index (κ3) is 2.60. The molecule has 0 aliphatic heterocycles. The first-order valence-corrected chi connectivity index (χ1v) is 7.26. The summed E-state index contributed by atoms with van der Waals surface area (Å²) in [6.07, 6.45) is 0.545. The fourth-order valence-corrected chi connectivity index (χ4v) is 2.79. The Bertz CT molecular complexity index is 635.